The molecule has 1 aliphatic rings. The molecule has 0 saturated carbocycles. The predicted octanol–water partition coefficient (Wildman–Crippen LogP) is 2.84. The highest BCUT2D eigenvalue weighted by Gasteiger charge is 2.21. The summed E-state index contributed by atoms with van der Waals surface area (Å²) >= 11 is 0. The first kappa shape index (κ1) is 18.4. The van der Waals surface area contributed by atoms with Gasteiger partial charge in [-0.1, -0.05) is 0 Å². The van der Waals surface area contributed by atoms with Crippen molar-refractivity contribution >= 4 is 23.3 Å². The van der Waals surface area contributed by atoms with Crippen LogP contribution in [0.1, 0.15) is 34.6 Å². The summed E-state index contributed by atoms with van der Waals surface area (Å²) in [5.41, 5.74) is 1.32. The van der Waals surface area contributed by atoms with E-state index in [2.05, 4.69) is 5.32 Å². The monoisotopic (exact) mass is 369 g/mol. The second-order valence-electron chi connectivity index (χ2n) is 6.03. The number of fused-ring (bicyclic) bond motifs is 1. The molecule has 0 fully saturated rings. The third-order valence-corrected chi connectivity index (χ3v) is 3.99. The molecule has 0 saturated heterocycles. The molecule has 140 valence electrons. The van der Waals surface area contributed by atoms with E-state index in [1.54, 1.807) is 36.4 Å². The number of hydrogen-bond donors (Lipinski definition) is 1. The summed E-state index contributed by atoms with van der Waals surface area (Å²) < 4.78 is 16.1. The van der Waals surface area contributed by atoms with Crippen LogP contribution >= 0.6 is 0 Å². The number of nitrogens with one attached hydrogen (secondary N) is 1. The van der Waals surface area contributed by atoms with Crippen LogP contribution in [0.4, 0.5) is 5.69 Å². The van der Waals surface area contributed by atoms with Gasteiger partial charge in [0.1, 0.15) is 13.2 Å². The third kappa shape index (κ3) is 4.44. The van der Waals surface area contributed by atoms with Gasteiger partial charge in [0.25, 0.3) is 5.91 Å². The summed E-state index contributed by atoms with van der Waals surface area (Å²) in [5, 5.41) is 2.64. The normalized spacial score (nSPS) is 13.4. The fourth-order valence-electron chi connectivity index (χ4n) is 2.48. The summed E-state index contributed by atoms with van der Waals surface area (Å²) in [6, 6.07) is 11.2. The average molecular weight is 369 g/mol. The van der Waals surface area contributed by atoms with Crippen LogP contribution in [0.5, 0.6) is 11.5 Å². The van der Waals surface area contributed by atoms with Gasteiger partial charge < -0.3 is 19.5 Å². The number of benzene rings is 2. The van der Waals surface area contributed by atoms with Gasteiger partial charge in [-0.25, -0.2) is 4.79 Å². The molecule has 7 heteroatoms. The van der Waals surface area contributed by atoms with Gasteiger partial charge in [-0.05, 0) is 56.3 Å². The van der Waals surface area contributed by atoms with Crippen molar-refractivity contribution in [3.8, 4) is 11.5 Å². The van der Waals surface area contributed by atoms with Crippen molar-refractivity contribution in [1.29, 1.82) is 0 Å². The van der Waals surface area contributed by atoms with Crippen molar-refractivity contribution in [2.24, 2.45) is 0 Å². The Hall–Kier alpha value is -3.35. The Kier molecular flexibility index (Phi) is 5.40. The Morgan fingerprint density at radius 2 is 1.59 bits per heavy atom. The van der Waals surface area contributed by atoms with Crippen LogP contribution in [-0.2, 0) is 9.53 Å². The Morgan fingerprint density at radius 3 is 2.26 bits per heavy atom. The second-order valence-corrected chi connectivity index (χ2v) is 6.03. The SMILES string of the molecule is CC(=O)c1ccc(NC(=O)C(C)OC(=O)c2ccc3c(c2)OCCO3)cc1. The van der Waals surface area contributed by atoms with Crippen LogP contribution in [0.15, 0.2) is 42.5 Å². The van der Waals surface area contributed by atoms with Gasteiger partial charge in [-0.3, -0.25) is 9.59 Å². The number of amides is 1. The molecule has 0 radical (unpaired) electrons. The number of rotatable bonds is 5. The zero-order valence-electron chi connectivity index (χ0n) is 15.0. The molecule has 7 nitrogen and oxygen atoms in total. The minimum atomic E-state index is -1.00. The maximum Gasteiger partial charge on any atom is 0.339 e. The van der Waals surface area contributed by atoms with Crippen molar-refractivity contribution in [3.63, 3.8) is 0 Å². The van der Waals surface area contributed by atoms with E-state index in [4.69, 9.17) is 14.2 Å². The average Bonchev–Trinajstić information content (AvgIpc) is 2.67. The molecule has 2 aromatic carbocycles. The largest absolute Gasteiger partial charge is 0.486 e. The van der Waals surface area contributed by atoms with Gasteiger partial charge in [0, 0.05) is 11.3 Å². The molecule has 2 aromatic rings. The number of esters is 1. The first-order chi connectivity index (χ1) is 12.9. The van der Waals surface area contributed by atoms with Crippen LogP contribution in [0.2, 0.25) is 0 Å². The van der Waals surface area contributed by atoms with E-state index < -0.39 is 18.0 Å². The van der Waals surface area contributed by atoms with E-state index in [0.29, 0.717) is 36.0 Å². The van der Waals surface area contributed by atoms with Gasteiger partial charge in [-0.15, -0.1) is 0 Å². The van der Waals surface area contributed by atoms with Crippen molar-refractivity contribution in [2.45, 2.75) is 20.0 Å². The summed E-state index contributed by atoms with van der Waals surface area (Å²) in [7, 11) is 0. The first-order valence-electron chi connectivity index (χ1n) is 8.46. The van der Waals surface area contributed by atoms with Gasteiger partial charge >= 0.3 is 5.97 Å². The Bertz CT molecular complexity index is 875. The van der Waals surface area contributed by atoms with E-state index in [0.717, 1.165) is 0 Å². The standard InChI is InChI=1S/C20H19NO6/c1-12(22)14-3-6-16(7-4-14)21-19(23)13(2)27-20(24)15-5-8-17-18(11-15)26-10-9-25-17/h3-8,11,13H,9-10H2,1-2H3,(H,21,23). The molecule has 1 atom stereocenters. The van der Waals surface area contributed by atoms with E-state index in [1.807, 2.05) is 0 Å². The first-order valence-corrected chi connectivity index (χ1v) is 8.46. The lowest BCUT2D eigenvalue weighted by Gasteiger charge is -2.19. The number of carbonyl (C=O) groups is 3. The number of ketones is 1. The minimum Gasteiger partial charge on any atom is -0.486 e. The molecule has 1 unspecified atom stereocenters. The van der Waals surface area contributed by atoms with Gasteiger partial charge in [-0.2, -0.15) is 0 Å². The third-order valence-electron chi connectivity index (χ3n) is 3.99. The lowest BCUT2D eigenvalue weighted by molar-refractivity contribution is -0.123. The molecule has 27 heavy (non-hydrogen) atoms. The fraction of sp³-hybridized carbons (Fsp3) is 0.250. The van der Waals surface area contributed by atoms with E-state index >= 15 is 0 Å². The van der Waals surface area contributed by atoms with E-state index in [-0.39, 0.29) is 11.3 Å². The molecule has 0 aromatic heterocycles. The highest BCUT2D eigenvalue weighted by atomic mass is 16.6. The summed E-state index contributed by atoms with van der Waals surface area (Å²) in [6.07, 6.45) is -1.00. The summed E-state index contributed by atoms with van der Waals surface area (Å²) in [4.78, 5) is 35.8. The number of Topliss-reactive ketones (excluding diaryl/α,β-unsaturated/α-hetero) is 1. The maximum absolute atomic E-state index is 12.3. The molecule has 0 aliphatic carbocycles. The zero-order chi connectivity index (χ0) is 19.4. The highest BCUT2D eigenvalue weighted by molar-refractivity contribution is 5.98. The Balaban J connectivity index is 1.60. The molecule has 1 N–H and O–H groups in total. The Morgan fingerprint density at radius 1 is 0.963 bits per heavy atom. The van der Waals surface area contributed by atoms with Gasteiger partial charge in [0.05, 0.1) is 5.56 Å². The minimum absolute atomic E-state index is 0.0606. The van der Waals surface area contributed by atoms with Crippen LogP contribution in [0.25, 0.3) is 0 Å². The number of hydrogen-bond acceptors (Lipinski definition) is 6. The molecule has 0 bridgehead atoms. The fourth-order valence-corrected chi connectivity index (χ4v) is 2.48. The summed E-state index contributed by atoms with van der Waals surface area (Å²) in [6.45, 7) is 3.82. The lowest BCUT2D eigenvalue weighted by atomic mass is 10.1. The molecular weight excluding hydrogens is 350 g/mol. The molecule has 1 amide bonds. The number of ether oxygens (including phenoxy) is 3. The maximum atomic E-state index is 12.3. The lowest BCUT2D eigenvalue weighted by Crippen LogP contribution is -2.30. The van der Waals surface area contributed by atoms with Crippen LogP contribution in [0.3, 0.4) is 0 Å². The Labute approximate surface area is 156 Å². The van der Waals surface area contributed by atoms with Crippen LogP contribution in [0, 0.1) is 0 Å². The predicted molar refractivity (Wildman–Crippen MR) is 97.4 cm³/mol. The van der Waals surface area contributed by atoms with E-state index in [9.17, 15) is 14.4 Å². The van der Waals surface area contributed by atoms with Crippen LogP contribution < -0.4 is 14.8 Å². The topological polar surface area (TPSA) is 90.9 Å². The van der Waals surface area contributed by atoms with Crippen LogP contribution in [-0.4, -0.2) is 37.0 Å². The molecular formula is C20H19NO6. The second kappa shape index (κ2) is 7.90. The molecule has 1 aliphatic heterocycles. The number of anilines is 1. The van der Waals surface area contributed by atoms with Gasteiger partial charge in [0.2, 0.25) is 0 Å². The highest BCUT2D eigenvalue weighted by Crippen LogP contribution is 2.31. The van der Waals surface area contributed by atoms with E-state index in [1.165, 1.54) is 19.9 Å². The zero-order valence-corrected chi connectivity index (χ0v) is 15.0. The van der Waals surface area contributed by atoms with Crippen molar-refractivity contribution in [1.82, 2.24) is 0 Å². The van der Waals surface area contributed by atoms with Crippen molar-refractivity contribution < 1.29 is 28.6 Å². The quantitative estimate of drug-likeness (QED) is 0.644. The van der Waals surface area contributed by atoms with Crippen molar-refractivity contribution in [2.75, 3.05) is 18.5 Å². The van der Waals surface area contributed by atoms with Gasteiger partial charge in [0.15, 0.2) is 23.4 Å². The molecule has 1 heterocycles. The molecule has 3 rings (SSSR count). The summed E-state index contributed by atoms with van der Waals surface area (Å²) in [5.74, 6) is -0.136. The smallest absolute Gasteiger partial charge is 0.339 e. The number of carbonyl (C=O) groups excluding carboxylic acids is 3. The molecule has 0 spiro atoms. The van der Waals surface area contributed by atoms with Crippen molar-refractivity contribution in [3.05, 3.63) is 53.6 Å².